The van der Waals surface area contributed by atoms with Crippen molar-refractivity contribution in [2.75, 3.05) is 0 Å². The number of nitrogens with one attached hydrogen (secondary N) is 1. The number of rotatable bonds is 5. The Hall–Kier alpha value is -2.99. The van der Waals surface area contributed by atoms with Gasteiger partial charge >= 0.3 is 0 Å². The van der Waals surface area contributed by atoms with Crippen molar-refractivity contribution in [2.24, 2.45) is 0 Å². The molecule has 0 aliphatic carbocycles. The molecule has 5 nitrogen and oxygen atoms in total. The smallest absolute Gasteiger partial charge is 0.251 e. The molecule has 6 heteroatoms. The molecule has 0 unspecified atom stereocenters. The Morgan fingerprint density at radius 1 is 1.25 bits per heavy atom. The first-order chi connectivity index (χ1) is 11.7. The number of aliphatic hydroxyl groups excluding tert-OH is 1. The van der Waals surface area contributed by atoms with Crippen LogP contribution in [0, 0.1) is 5.82 Å². The first-order valence-electron chi connectivity index (χ1n) is 7.42. The standard InChI is InChI=1S/C18H16FN3O2/c19-17-5-4-13(8-15(17)11-23)10-21-18(24)14-2-1-3-16(9-14)22-7-6-20-12-22/h1-9,12,23H,10-11H2,(H,21,24). The summed E-state index contributed by atoms with van der Waals surface area (Å²) < 4.78 is 15.2. The number of amides is 1. The molecule has 0 aliphatic heterocycles. The fourth-order valence-electron chi connectivity index (χ4n) is 2.36. The molecular weight excluding hydrogens is 309 g/mol. The summed E-state index contributed by atoms with van der Waals surface area (Å²) in [6, 6.07) is 11.6. The minimum absolute atomic E-state index is 0.212. The molecule has 2 aromatic carbocycles. The van der Waals surface area contributed by atoms with Crippen molar-refractivity contribution in [3.05, 3.63) is 83.7 Å². The van der Waals surface area contributed by atoms with Crippen LogP contribution in [0.2, 0.25) is 0 Å². The van der Waals surface area contributed by atoms with Crippen molar-refractivity contribution in [2.45, 2.75) is 13.2 Å². The van der Waals surface area contributed by atoms with E-state index in [0.29, 0.717) is 5.56 Å². The van der Waals surface area contributed by atoms with E-state index in [0.717, 1.165) is 11.3 Å². The van der Waals surface area contributed by atoms with Gasteiger partial charge in [-0.25, -0.2) is 9.37 Å². The SMILES string of the molecule is O=C(NCc1ccc(F)c(CO)c1)c1cccc(-n2ccnc2)c1. The van der Waals surface area contributed by atoms with Gasteiger partial charge in [0.15, 0.2) is 0 Å². The number of carbonyl (C=O) groups is 1. The Bertz CT molecular complexity index is 847. The van der Waals surface area contributed by atoms with E-state index >= 15 is 0 Å². The molecule has 122 valence electrons. The molecule has 0 bridgehead atoms. The van der Waals surface area contributed by atoms with E-state index < -0.39 is 5.82 Å². The zero-order chi connectivity index (χ0) is 16.9. The van der Waals surface area contributed by atoms with E-state index in [1.807, 2.05) is 10.6 Å². The summed E-state index contributed by atoms with van der Waals surface area (Å²) in [5.41, 5.74) is 2.29. The Morgan fingerprint density at radius 3 is 2.88 bits per heavy atom. The molecule has 0 saturated carbocycles. The molecule has 1 amide bonds. The molecule has 0 atom stereocenters. The van der Waals surface area contributed by atoms with E-state index in [2.05, 4.69) is 10.3 Å². The number of imidazole rings is 1. The van der Waals surface area contributed by atoms with Crippen molar-refractivity contribution < 1.29 is 14.3 Å². The van der Waals surface area contributed by atoms with Crippen LogP contribution in [0.15, 0.2) is 61.2 Å². The fourth-order valence-corrected chi connectivity index (χ4v) is 2.36. The zero-order valence-electron chi connectivity index (χ0n) is 12.8. The van der Waals surface area contributed by atoms with Gasteiger partial charge in [-0.2, -0.15) is 0 Å². The van der Waals surface area contributed by atoms with Crippen LogP contribution in [0.4, 0.5) is 4.39 Å². The van der Waals surface area contributed by atoms with Crippen molar-refractivity contribution in [1.29, 1.82) is 0 Å². The molecule has 0 spiro atoms. The molecule has 24 heavy (non-hydrogen) atoms. The normalized spacial score (nSPS) is 10.6. The van der Waals surface area contributed by atoms with Crippen LogP contribution in [0.5, 0.6) is 0 Å². The monoisotopic (exact) mass is 325 g/mol. The number of carbonyl (C=O) groups excluding carboxylic acids is 1. The third-order valence-corrected chi connectivity index (χ3v) is 3.64. The summed E-state index contributed by atoms with van der Waals surface area (Å²) in [5.74, 6) is -0.688. The van der Waals surface area contributed by atoms with E-state index in [4.69, 9.17) is 5.11 Å². The quantitative estimate of drug-likeness (QED) is 0.757. The molecule has 2 N–H and O–H groups in total. The second-order valence-corrected chi connectivity index (χ2v) is 5.29. The Morgan fingerprint density at radius 2 is 2.12 bits per heavy atom. The molecule has 3 aromatic rings. The molecule has 0 fully saturated rings. The maximum Gasteiger partial charge on any atom is 0.251 e. The summed E-state index contributed by atoms with van der Waals surface area (Å²) in [5, 5.41) is 11.9. The van der Waals surface area contributed by atoms with Crippen molar-refractivity contribution in [3.63, 3.8) is 0 Å². The van der Waals surface area contributed by atoms with E-state index in [1.54, 1.807) is 43.0 Å². The highest BCUT2D eigenvalue weighted by Crippen LogP contribution is 2.12. The molecule has 1 aromatic heterocycles. The third kappa shape index (κ3) is 3.49. The lowest BCUT2D eigenvalue weighted by atomic mass is 10.1. The largest absolute Gasteiger partial charge is 0.392 e. The lowest BCUT2D eigenvalue weighted by Crippen LogP contribution is -2.23. The van der Waals surface area contributed by atoms with Gasteiger partial charge in [-0.15, -0.1) is 0 Å². The lowest BCUT2D eigenvalue weighted by molar-refractivity contribution is 0.0951. The molecule has 3 rings (SSSR count). The number of nitrogens with zero attached hydrogens (tertiary/aromatic N) is 2. The van der Waals surface area contributed by atoms with E-state index in [1.165, 1.54) is 12.1 Å². The summed E-state index contributed by atoms with van der Waals surface area (Å²) in [6.45, 7) is -0.123. The first-order valence-corrected chi connectivity index (χ1v) is 7.42. The number of aromatic nitrogens is 2. The van der Waals surface area contributed by atoms with Crippen LogP contribution in [0.25, 0.3) is 5.69 Å². The topological polar surface area (TPSA) is 67.2 Å². The van der Waals surface area contributed by atoms with E-state index in [9.17, 15) is 9.18 Å². The highest BCUT2D eigenvalue weighted by molar-refractivity contribution is 5.94. The summed E-state index contributed by atoms with van der Waals surface area (Å²) in [7, 11) is 0. The van der Waals surface area contributed by atoms with Gasteiger partial charge in [0.25, 0.3) is 5.91 Å². The number of aliphatic hydroxyl groups is 1. The van der Waals surface area contributed by atoms with Crippen LogP contribution in [-0.4, -0.2) is 20.6 Å². The molecule has 0 radical (unpaired) electrons. The number of benzene rings is 2. The minimum Gasteiger partial charge on any atom is -0.392 e. The van der Waals surface area contributed by atoms with Gasteiger partial charge in [0, 0.05) is 35.8 Å². The zero-order valence-corrected chi connectivity index (χ0v) is 12.8. The first kappa shape index (κ1) is 15.9. The van der Waals surface area contributed by atoms with Crippen LogP contribution in [0.1, 0.15) is 21.5 Å². The number of halogens is 1. The number of hydrogen-bond donors (Lipinski definition) is 2. The van der Waals surface area contributed by atoms with Gasteiger partial charge in [0.1, 0.15) is 5.82 Å². The van der Waals surface area contributed by atoms with Gasteiger partial charge in [0.2, 0.25) is 0 Å². The van der Waals surface area contributed by atoms with Crippen molar-refractivity contribution in [3.8, 4) is 5.69 Å². The summed E-state index contributed by atoms with van der Waals surface area (Å²) >= 11 is 0. The lowest BCUT2D eigenvalue weighted by Gasteiger charge is -2.09. The van der Waals surface area contributed by atoms with Gasteiger partial charge < -0.3 is 15.0 Å². The molecule has 0 aliphatic rings. The highest BCUT2D eigenvalue weighted by Gasteiger charge is 2.08. The Kier molecular flexibility index (Phi) is 4.67. The average Bonchev–Trinajstić information content (AvgIpc) is 3.15. The van der Waals surface area contributed by atoms with Crippen LogP contribution >= 0.6 is 0 Å². The van der Waals surface area contributed by atoms with Gasteiger partial charge in [0.05, 0.1) is 12.9 Å². The van der Waals surface area contributed by atoms with Crippen LogP contribution in [0.3, 0.4) is 0 Å². The second kappa shape index (κ2) is 7.06. The van der Waals surface area contributed by atoms with E-state index in [-0.39, 0.29) is 24.6 Å². The Balaban J connectivity index is 1.70. The maximum absolute atomic E-state index is 13.4. The minimum atomic E-state index is -0.458. The summed E-state index contributed by atoms with van der Waals surface area (Å²) in [6.07, 6.45) is 5.12. The maximum atomic E-state index is 13.4. The van der Waals surface area contributed by atoms with Gasteiger partial charge in [-0.05, 0) is 35.9 Å². The molecule has 1 heterocycles. The van der Waals surface area contributed by atoms with Gasteiger partial charge in [-0.1, -0.05) is 12.1 Å². The highest BCUT2D eigenvalue weighted by atomic mass is 19.1. The van der Waals surface area contributed by atoms with Crippen LogP contribution < -0.4 is 5.32 Å². The van der Waals surface area contributed by atoms with Gasteiger partial charge in [-0.3, -0.25) is 4.79 Å². The molecular formula is C18H16FN3O2. The average molecular weight is 325 g/mol. The fraction of sp³-hybridized carbons (Fsp3) is 0.111. The predicted molar refractivity (Wildman–Crippen MR) is 87.1 cm³/mol. The van der Waals surface area contributed by atoms with Crippen molar-refractivity contribution >= 4 is 5.91 Å². The third-order valence-electron chi connectivity index (χ3n) is 3.64. The van der Waals surface area contributed by atoms with Crippen LogP contribution in [-0.2, 0) is 13.2 Å². The molecule has 0 saturated heterocycles. The predicted octanol–water partition coefficient (Wildman–Crippen LogP) is 2.43. The van der Waals surface area contributed by atoms with Crippen molar-refractivity contribution in [1.82, 2.24) is 14.9 Å². The number of hydrogen-bond acceptors (Lipinski definition) is 3. The summed E-state index contributed by atoms with van der Waals surface area (Å²) in [4.78, 5) is 16.3. The second-order valence-electron chi connectivity index (χ2n) is 5.29. The Labute approximate surface area is 138 Å².